The molecule has 0 aliphatic carbocycles. The number of rotatable bonds is 8. The third-order valence-electron chi connectivity index (χ3n) is 3.22. The first-order valence-corrected chi connectivity index (χ1v) is 10.8. The quantitative estimate of drug-likeness (QED) is 0.662. The number of hydrogen-bond donors (Lipinski definition) is 2. The van der Waals surface area contributed by atoms with Gasteiger partial charge >= 0.3 is 0 Å². The zero-order valence-electron chi connectivity index (χ0n) is 14.6. The van der Waals surface area contributed by atoms with Gasteiger partial charge in [-0.1, -0.05) is 11.3 Å². The molecule has 2 rings (SSSR count). The lowest BCUT2D eigenvalue weighted by atomic mass is 10.3. The van der Waals surface area contributed by atoms with Crippen LogP contribution in [0.4, 0.5) is 5.13 Å². The highest BCUT2D eigenvalue weighted by Gasteiger charge is 2.19. The predicted octanol–water partition coefficient (Wildman–Crippen LogP) is 2.37. The summed E-state index contributed by atoms with van der Waals surface area (Å²) < 4.78 is 27.7. The van der Waals surface area contributed by atoms with Gasteiger partial charge in [0.15, 0.2) is 5.13 Å². The van der Waals surface area contributed by atoms with E-state index in [0.717, 1.165) is 28.4 Å². The zero-order chi connectivity index (χ0) is 18.6. The van der Waals surface area contributed by atoms with Crippen LogP contribution in [0.1, 0.15) is 19.0 Å². The Balaban J connectivity index is 2.11. The van der Waals surface area contributed by atoms with E-state index in [1.807, 2.05) is 25.9 Å². The van der Waals surface area contributed by atoms with Crippen LogP contribution in [-0.4, -0.2) is 51.4 Å². The molecule has 0 fully saturated rings. The molecule has 0 spiro atoms. The molecular weight excluding hydrogens is 380 g/mol. The minimum atomic E-state index is -3.51. The van der Waals surface area contributed by atoms with Gasteiger partial charge in [-0.25, -0.2) is 18.1 Å². The molecular formula is C15H22N4O3S3. The SMILES string of the molecule is CC(=O)Nc1nc(C)c(-c2ccc(S(=O)(=O)NCCCN(C)C)s2)s1. The van der Waals surface area contributed by atoms with E-state index in [1.54, 1.807) is 12.1 Å². The number of anilines is 1. The number of hydrogen-bond acceptors (Lipinski definition) is 7. The monoisotopic (exact) mass is 402 g/mol. The smallest absolute Gasteiger partial charge is 0.250 e. The summed E-state index contributed by atoms with van der Waals surface area (Å²) in [6.45, 7) is 4.49. The molecule has 0 saturated heterocycles. The highest BCUT2D eigenvalue weighted by Crippen LogP contribution is 2.38. The number of thiazole rings is 1. The van der Waals surface area contributed by atoms with Crippen molar-refractivity contribution in [3.63, 3.8) is 0 Å². The molecule has 10 heteroatoms. The summed E-state index contributed by atoms with van der Waals surface area (Å²) in [5.41, 5.74) is 0.762. The van der Waals surface area contributed by atoms with Crippen molar-refractivity contribution in [1.82, 2.24) is 14.6 Å². The molecule has 7 nitrogen and oxygen atoms in total. The number of thiophene rings is 1. The lowest BCUT2D eigenvalue weighted by molar-refractivity contribution is -0.114. The fourth-order valence-corrected chi connectivity index (χ4v) is 5.69. The van der Waals surface area contributed by atoms with E-state index >= 15 is 0 Å². The third-order valence-corrected chi connectivity index (χ3v) is 7.51. The second-order valence-electron chi connectivity index (χ2n) is 5.79. The van der Waals surface area contributed by atoms with Gasteiger partial charge in [-0.05, 0) is 46.1 Å². The van der Waals surface area contributed by atoms with E-state index in [9.17, 15) is 13.2 Å². The molecule has 0 bridgehead atoms. The molecule has 0 radical (unpaired) electrons. The Bertz CT molecular complexity index is 840. The van der Waals surface area contributed by atoms with Crippen LogP contribution < -0.4 is 10.0 Å². The van der Waals surface area contributed by atoms with E-state index in [-0.39, 0.29) is 10.1 Å². The largest absolute Gasteiger partial charge is 0.309 e. The molecule has 2 aromatic rings. The minimum absolute atomic E-state index is 0.184. The van der Waals surface area contributed by atoms with Gasteiger partial charge in [-0.2, -0.15) is 0 Å². The summed E-state index contributed by atoms with van der Waals surface area (Å²) in [4.78, 5) is 19.1. The Labute approximate surface area is 156 Å². The maximum Gasteiger partial charge on any atom is 0.250 e. The van der Waals surface area contributed by atoms with Crippen LogP contribution in [0.25, 0.3) is 9.75 Å². The first kappa shape index (κ1) is 20.0. The number of nitrogens with one attached hydrogen (secondary N) is 2. The molecule has 0 aliphatic heterocycles. The zero-order valence-corrected chi connectivity index (χ0v) is 17.1. The van der Waals surface area contributed by atoms with Gasteiger partial charge in [0.25, 0.3) is 0 Å². The van der Waals surface area contributed by atoms with Gasteiger partial charge in [0.1, 0.15) is 4.21 Å². The van der Waals surface area contributed by atoms with Crippen LogP contribution in [0.5, 0.6) is 0 Å². The molecule has 1 amide bonds. The van der Waals surface area contributed by atoms with Crippen molar-refractivity contribution in [1.29, 1.82) is 0 Å². The maximum absolute atomic E-state index is 12.4. The molecule has 25 heavy (non-hydrogen) atoms. The summed E-state index contributed by atoms with van der Waals surface area (Å²) in [5.74, 6) is -0.184. The summed E-state index contributed by atoms with van der Waals surface area (Å²) in [5, 5.41) is 3.17. The van der Waals surface area contributed by atoms with Gasteiger partial charge in [0, 0.05) is 18.3 Å². The van der Waals surface area contributed by atoms with Gasteiger partial charge in [0.05, 0.1) is 10.6 Å². The number of nitrogens with zero attached hydrogens (tertiary/aromatic N) is 2. The van der Waals surface area contributed by atoms with E-state index in [0.29, 0.717) is 11.7 Å². The van der Waals surface area contributed by atoms with Gasteiger partial charge in [-0.3, -0.25) is 4.79 Å². The number of aryl methyl sites for hydroxylation is 1. The van der Waals surface area contributed by atoms with Crippen molar-refractivity contribution < 1.29 is 13.2 Å². The Kier molecular flexibility index (Phi) is 6.69. The molecule has 2 N–H and O–H groups in total. The van der Waals surface area contributed by atoms with Crippen molar-refractivity contribution >= 4 is 43.7 Å². The number of amides is 1. The van der Waals surface area contributed by atoms with Crippen LogP contribution in [0.3, 0.4) is 0 Å². The second-order valence-corrected chi connectivity index (χ2v) is 9.86. The van der Waals surface area contributed by atoms with Crippen LogP contribution in [0.2, 0.25) is 0 Å². The first-order chi connectivity index (χ1) is 11.7. The van der Waals surface area contributed by atoms with Gasteiger partial charge in [-0.15, -0.1) is 11.3 Å². The van der Waals surface area contributed by atoms with Crippen molar-refractivity contribution in [2.24, 2.45) is 0 Å². The van der Waals surface area contributed by atoms with Crippen molar-refractivity contribution in [2.45, 2.75) is 24.5 Å². The topological polar surface area (TPSA) is 91.4 Å². The fourth-order valence-electron chi connectivity index (χ4n) is 2.09. The predicted molar refractivity (Wildman–Crippen MR) is 103 cm³/mol. The Morgan fingerprint density at radius 3 is 2.64 bits per heavy atom. The molecule has 138 valence electrons. The standard InChI is InChI=1S/C15H22N4O3S3/c1-10-14(24-15(17-10)18-11(2)20)12-6-7-13(23-12)25(21,22)16-8-5-9-19(3)4/h6-7,16H,5,8-9H2,1-4H3,(H,17,18,20). The van der Waals surface area contributed by atoms with E-state index < -0.39 is 10.0 Å². The molecule has 0 atom stereocenters. The number of carbonyl (C=O) groups excluding carboxylic acids is 1. The first-order valence-electron chi connectivity index (χ1n) is 7.68. The number of carbonyl (C=O) groups is 1. The van der Waals surface area contributed by atoms with Gasteiger partial charge < -0.3 is 10.2 Å². The normalized spacial score (nSPS) is 11.9. The Hall–Kier alpha value is -1.33. The number of sulfonamides is 1. The fraction of sp³-hybridized carbons (Fsp3) is 0.467. The van der Waals surface area contributed by atoms with E-state index in [1.165, 1.54) is 29.6 Å². The Morgan fingerprint density at radius 1 is 1.28 bits per heavy atom. The second kappa shape index (κ2) is 8.37. The summed E-state index contributed by atoms with van der Waals surface area (Å²) in [6, 6.07) is 3.38. The molecule has 0 aromatic carbocycles. The van der Waals surface area contributed by atoms with Crippen molar-refractivity contribution in [3.05, 3.63) is 17.8 Å². The lowest BCUT2D eigenvalue weighted by Crippen LogP contribution is -2.26. The maximum atomic E-state index is 12.4. The van der Waals surface area contributed by atoms with Crippen LogP contribution in [-0.2, 0) is 14.8 Å². The average molecular weight is 403 g/mol. The van der Waals surface area contributed by atoms with E-state index in [2.05, 4.69) is 15.0 Å². The highest BCUT2D eigenvalue weighted by atomic mass is 32.2. The lowest BCUT2D eigenvalue weighted by Gasteiger charge is -2.09. The van der Waals surface area contributed by atoms with Crippen LogP contribution in [0, 0.1) is 6.92 Å². The number of aromatic nitrogens is 1. The molecule has 0 aliphatic rings. The van der Waals surface area contributed by atoms with Crippen molar-refractivity contribution in [2.75, 3.05) is 32.5 Å². The van der Waals surface area contributed by atoms with Crippen molar-refractivity contribution in [3.8, 4) is 9.75 Å². The Morgan fingerprint density at radius 2 is 2.00 bits per heavy atom. The average Bonchev–Trinajstić information content (AvgIpc) is 3.10. The summed E-state index contributed by atoms with van der Waals surface area (Å²) in [6.07, 6.45) is 0.749. The molecule has 0 unspecified atom stereocenters. The molecule has 0 saturated carbocycles. The van der Waals surface area contributed by atoms with E-state index in [4.69, 9.17) is 0 Å². The molecule has 2 aromatic heterocycles. The molecule has 2 heterocycles. The third kappa shape index (κ3) is 5.58. The van der Waals surface area contributed by atoms with Crippen LogP contribution >= 0.6 is 22.7 Å². The minimum Gasteiger partial charge on any atom is -0.309 e. The summed E-state index contributed by atoms with van der Waals surface area (Å²) in [7, 11) is 0.396. The van der Waals surface area contributed by atoms with Gasteiger partial charge in [0.2, 0.25) is 15.9 Å². The summed E-state index contributed by atoms with van der Waals surface area (Å²) >= 11 is 2.54. The van der Waals surface area contributed by atoms with Crippen LogP contribution in [0.15, 0.2) is 16.3 Å². The highest BCUT2D eigenvalue weighted by molar-refractivity contribution is 7.91.